The number of rotatable bonds is 6. The molecule has 1 amide bonds. The Morgan fingerprint density at radius 2 is 1.78 bits per heavy atom. The average molecular weight is 449 g/mol. The van der Waals surface area contributed by atoms with Gasteiger partial charge >= 0.3 is 0 Å². The third-order valence-corrected chi connectivity index (χ3v) is 5.02. The molecule has 10 heteroatoms. The van der Waals surface area contributed by atoms with Gasteiger partial charge in [0.1, 0.15) is 12.3 Å². The van der Waals surface area contributed by atoms with Crippen LogP contribution in [0.5, 0.6) is 5.75 Å². The summed E-state index contributed by atoms with van der Waals surface area (Å²) in [6.45, 7) is 5.02. The summed E-state index contributed by atoms with van der Waals surface area (Å²) >= 11 is 0. The molecule has 0 aromatic heterocycles. The van der Waals surface area contributed by atoms with E-state index in [1.165, 1.54) is 0 Å². The molecule has 172 valence electrons. The second-order valence-electron chi connectivity index (χ2n) is 7.09. The van der Waals surface area contributed by atoms with E-state index in [0.29, 0.717) is 25.6 Å². The van der Waals surface area contributed by atoms with Crippen LogP contribution in [0.15, 0.2) is 41.4 Å². The lowest BCUT2D eigenvalue weighted by Gasteiger charge is -2.38. The van der Waals surface area contributed by atoms with E-state index in [-0.39, 0.29) is 6.54 Å². The van der Waals surface area contributed by atoms with Gasteiger partial charge in [0, 0.05) is 32.7 Å². The number of benzene rings is 2. The number of aliphatic imine (C=N–C) groups is 1. The molecular weight excluding hydrogens is 423 g/mol. The maximum absolute atomic E-state index is 13.8. The Labute approximate surface area is 184 Å². The van der Waals surface area contributed by atoms with Crippen LogP contribution in [0, 0.1) is 17.5 Å². The van der Waals surface area contributed by atoms with Crippen molar-refractivity contribution >= 4 is 23.2 Å². The molecule has 1 aliphatic rings. The van der Waals surface area contributed by atoms with E-state index in [9.17, 15) is 18.0 Å². The summed E-state index contributed by atoms with van der Waals surface area (Å²) in [4.78, 5) is 20.8. The first kappa shape index (κ1) is 23.2. The molecule has 0 saturated carbocycles. The van der Waals surface area contributed by atoms with Crippen LogP contribution in [0.4, 0.5) is 24.5 Å². The maximum atomic E-state index is 13.8. The normalized spacial score (nSPS) is 14.3. The molecule has 2 aromatic rings. The molecule has 1 heterocycles. The van der Waals surface area contributed by atoms with Gasteiger partial charge in [0.2, 0.25) is 5.91 Å². The minimum atomic E-state index is -1.63. The number of anilines is 2. The smallest absolute Gasteiger partial charge is 0.246 e. The second-order valence-corrected chi connectivity index (χ2v) is 7.09. The Kier molecular flexibility index (Phi) is 7.80. The van der Waals surface area contributed by atoms with Gasteiger partial charge < -0.3 is 25.2 Å². The number of methoxy groups -OCH3 is 1. The Morgan fingerprint density at radius 1 is 1.06 bits per heavy atom. The van der Waals surface area contributed by atoms with Crippen LogP contribution in [0.2, 0.25) is 0 Å². The maximum Gasteiger partial charge on any atom is 0.246 e. The molecule has 1 fully saturated rings. The lowest BCUT2D eigenvalue weighted by Crippen LogP contribution is -2.52. The number of para-hydroxylation sites is 2. The lowest BCUT2D eigenvalue weighted by atomic mass is 10.2. The fraction of sp³-hybridized carbons (Fsp3) is 0.364. The number of carbonyl (C=O) groups is 1. The first-order valence-corrected chi connectivity index (χ1v) is 10.3. The van der Waals surface area contributed by atoms with Gasteiger partial charge in [-0.1, -0.05) is 12.1 Å². The van der Waals surface area contributed by atoms with Crippen LogP contribution in [0.3, 0.4) is 0 Å². The Hall–Kier alpha value is -3.43. The van der Waals surface area contributed by atoms with E-state index in [4.69, 9.17) is 4.74 Å². The largest absolute Gasteiger partial charge is 0.495 e. The fourth-order valence-corrected chi connectivity index (χ4v) is 3.43. The van der Waals surface area contributed by atoms with E-state index in [1.807, 2.05) is 36.1 Å². The van der Waals surface area contributed by atoms with Gasteiger partial charge in [0.25, 0.3) is 0 Å². The highest BCUT2D eigenvalue weighted by atomic mass is 19.2. The number of ether oxygens (including phenoxy) is 1. The highest BCUT2D eigenvalue weighted by Gasteiger charge is 2.22. The summed E-state index contributed by atoms with van der Waals surface area (Å²) in [5.74, 6) is -3.68. The molecular formula is C22H26F3N5O2. The molecule has 3 rings (SSSR count). The summed E-state index contributed by atoms with van der Waals surface area (Å²) in [6, 6.07) is 9.54. The Balaban J connectivity index is 1.61. The van der Waals surface area contributed by atoms with Crippen molar-refractivity contribution < 1.29 is 22.7 Å². The number of halogens is 3. The monoisotopic (exact) mass is 449 g/mol. The molecule has 0 aliphatic carbocycles. The molecule has 0 unspecified atom stereocenters. The van der Waals surface area contributed by atoms with Gasteiger partial charge in [-0.25, -0.2) is 18.2 Å². The predicted octanol–water partition coefficient (Wildman–Crippen LogP) is 2.84. The van der Waals surface area contributed by atoms with Crippen LogP contribution < -0.4 is 20.3 Å². The second kappa shape index (κ2) is 10.7. The van der Waals surface area contributed by atoms with E-state index in [1.54, 1.807) is 7.11 Å². The molecule has 0 radical (unpaired) electrons. The standard InChI is InChI=1S/C22H26F3N5O2/c1-3-26-22(27-14-19(31)28-16-9-8-15(23)20(24)21(16)25)30-12-10-29(11-13-30)17-6-4-5-7-18(17)32-2/h4-9H,3,10-14H2,1-2H3,(H,26,27)(H,28,31). The molecule has 0 bridgehead atoms. The third kappa shape index (κ3) is 5.43. The number of carbonyl (C=O) groups excluding carboxylic acids is 1. The summed E-state index contributed by atoms with van der Waals surface area (Å²) in [7, 11) is 1.64. The fourth-order valence-electron chi connectivity index (χ4n) is 3.43. The molecule has 1 aliphatic heterocycles. The number of nitrogens with zero attached hydrogens (tertiary/aromatic N) is 3. The number of amides is 1. The summed E-state index contributed by atoms with van der Waals surface area (Å²) in [5.41, 5.74) is 0.587. The van der Waals surface area contributed by atoms with E-state index in [0.717, 1.165) is 36.7 Å². The molecule has 7 nitrogen and oxygen atoms in total. The summed E-state index contributed by atoms with van der Waals surface area (Å²) in [5, 5.41) is 5.37. The van der Waals surface area contributed by atoms with Crippen molar-refractivity contribution in [2.24, 2.45) is 4.99 Å². The van der Waals surface area contributed by atoms with Gasteiger partial charge in [-0.2, -0.15) is 0 Å². The number of piperazine rings is 1. The van der Waals surface area contributed by atoms with E-state index < -0.39 is 29.0 Å². The van der Waals surface area contributed by atoms with Gasteiger partial charge in [-0.05, 0) is 31.2 Å². The third-order valence-electron chi connectivity index (χ3n) is 5.02. The molecule has 0 spiro atoms. The van der Waals surface area contributed by atoms with Crippen molar-refractivity contribution in [1.82, 2.24) is 10.2 Å². The van der Waals surface area contributed by atoms with Gasteiger partial charge in [-0.3, -0.25) is 4.79 Å². The minimum Gasteiger partial charge on any atom is -0.495 e. The zero-order valence-electron chi connectivity index (χ0n) is 18.0. The van der Waals surface area contributed by atoms with Crippen molar-refractivity contribution in [2.75, 3.05) is 56.6 Å². The van der Waals surface area contributed by atoms with E-state index >= 15 is 0 Å². The van der Waals surface area contributed by atoms with Gasteiger partial charge in [0.05, 0.1) is 18.5 Å². The number of hydrogen-bond donors (Lipinski definition) is 2. The van der Waals surface area contributed by atoms with Gasteiger partial charge in [-0.15, -0.1) is 0 Å². The molecule has 32 heavy (non-hydrogen) atoms. The van der Waals surface area contributed by atoms with Gasteiger partial charge in [0.15, 0.2) is 23.4 Å². The molecule has 0 atom stereocenters. The van der Waals surface area contributed by atoms with Crippen LogP contribution in [0.1, 0.15) is 6.92 Å². The van der Waals surface area contributed by atoms with Crippen molar-refractivity contribution in [3.05, 3.63) is 53.8 Å². The average Bonchev–Trinajstić information content (AvgIpc) is 2.82. The first-order chi connectivity index (χ1) is 15.4. The van der Waals surface area contributed by atoms with Crippen molar-refractivity contribution in [2.45, 2.75) is 6.92 Å². The van der Waals surface area contributed by atoms with Crippen LogP contribution in [0.25, 0.3) is 0 Å². The summed E-state index contributed by atoms with van der Waals surface area (Å²) in [6.07, 6.45) is 0. The SMILES string of the molecule is CCNC(=NCC(=O)Nc1ccc(F)c(F)c1F)N1CCN(c2ccccc2OC)CC1. The zero-order valence-corrected chi connectivity index (χ0v) is 18.0. The Morgan fingerprint density at radius 3 is 2.47 bits per heavy atom. The molecule has 2 aromatic carbocycles. The van der Waals surface area contributed by atoms with Crippen LogP contribution in [-0.4, -0.2) is 63.1 Å². The molecule has 1 saturated heterocycles. The number of guanidine groups is 1. The lowest BCUT2D eigenvalue weighted by molar-refractivity contribution is -0.114. The number of nitrogens with one attached hydrogen (secondary N) is 2. The van der Waals surface area contributed by atoms with Crippen LogP contribution in [-0.2, 0) is 4.79 Å². The first-order valence-electron chi connectivity index (χ1n) is 10.3. The highest BCUT2D eigenvalue weighted by Crippen LogP contribution is 2.28. The van der Waals surface area contributed by atoms with Crippen LogP contribution >= 0.6 is 0 Å². The predicted molar refractivity (Wildman–Crippen MR) is 118 cm³/mol. The minimum absolute atomic E-state index is 0.298. The topological polar surface area (TPSA) is 69.2 Å². The van der Waals surface area contributed by atoms with Crippen molar-refractivity contribution in [3.8, 4) is 5.75 Å². The summed E-state index contributed by atoms with van der Waals surface area (Å²) < 4.78 is 45.6. The van der Waals surface area contributed by atoms with Crippen molar-refractivity contribution in [1.29, 1.82) is 0 Å². The van der Waals surface area contributed by atoms with Crippen molar-refractivity contribution in [3.63, 3.8) is 0 Å². The van der Waals surface area contributed by atoms with E-state index in [2.05, 4.69) is 20.5 Å². The quantitative estimate of drug-likeness (QED) is 0.403. The number of hydrogen-bond acceptors (Lipinski definition) is 4. The highest BCUT2D eigenvalue weighted by molar-refractivity contribution is 5.94. The zero-order chi connectivity index (χ0) is 23.1. The molecule has 2 N–H and O–H groups in total. The Bertz CT molecular complexity index is 978.